The summed E-state index contributed by atoms with van der Waals surface area (Å²) < 4.78 is 22.1. The average Bonchev–Trinajstić information content (AvgIpc) is 3.32. The van der Waals surface area contributed by atoms with Crippen molar-refractivity contribution in [3.05, 3.63) is 83.6 Å². The molecule has 2 aliphatic rings. The van der Waals surface area contributed by atoms with Gasteiger partial charge in [-0.05, 0) is 74.2 Å². The molecule has 49 heavy (non-hydrogen) atoms. The molecule has 2 unspecified atom stereocenters. The SMILES string of the molecule is CCOC(=O)C12CN(C(=O)OC(C)(C)C)CC=C1N(CCc1ccc(OC)c(OC)c1)C(=O)C2CC(=O)NCc1cccc2ccccc12. The highest BCUT2D eigenvalue weighted by Crippen LogP contribution is 2.51. The second-order valence-corrected chi connectivity index (χ2v) is 13.2. The van der Waals surface area contributed by atoms with Gasteiger partial charge >= 0.3 is 12.1 Å². The van der Waals surface area contributed by atoms with E-state index in [9.17, 15) is 19.2 Å². The van der Waals surface area contributed by atoms with E-state index in [1.54, 1.807) is 59.0 Å². The molecule has 2 aliphatic heterocycles. The van der Waals surface area contributed by atoms with Crippen molar-refractivity contribution in [2.24, 2.45) is 11.3 Å². The molecular weight excluding hydrogens is 626 g/mol. The number of nitrogens with one attached hydrogen (secondary N) is 1. The number of nitrogens with zero attached hydrogens (tertiary/aromatic N) is 2. The lowest BCUT2D eigenvalue weighted by Gasteiger charge is -2.40. The number of esters is 1. The molecule has 1 fully saturated rings. The molecule has 11 heteroatoms. The third kappa shape index (κ3) is 7.35. The van der Waals surface area contributed by atoms with Crippen LogP contribution in [0.3, 0.4) is 0 Å². The van der Waals surface area contributed by atoms with Crippen molar-refractivity contribution in [3.8, 4) is 11.5 Å². The highest BCUT2D eigenvalue weighted by atomic mass is 16.6. The number of ether oxygens (including phenoxy) is 4. The molecule has 0 bridgehead atoms. The fourth-order valence-corrected chi connectivity index (χ4v) is 6.69. The molecule has 3 amide bonds. The Morgan fingerprint density at radius 1 is 0.980 bits per heavy atom. The lowest BCUT2D eigenvalue weighted by atomic mass is 9.71. The van der Waals surface area contributed by atoms with Crippen LogP contribution in [0.1, 0.15) is 45.2 Å². The van der Waals surface area contributed by atoms with E-state index in [1.807, 2.05) is 54.6 Å². The second-order valence-electron chi connectivity index (χ2n) is 13.2. The van der Waals surface area contributed by atoms with E-state index in [-0.39, 0.29) is 45.1 Å². The van der Waals surface area contributed by atoms with Crippen LogP contribution in [0, 0.1) is 11.3 Å². The quantitative estimate of drug-likeness (QED) is 0.275. The molecule has 2 heterocycles. The minimum Gasteiger partial charge on any atom is -0.493 e. The van der Waals surface area contributed by atoms with Gasteiger partial charge in [0.1, 0.15) is 11.0 Å². The molecule has 0 aromatic heterocycles. The number of carbonyl (C=O) groups excluding carboxylic acids is 4. The first kappa shape index (κ1) is 35.3. The van der Waals surface area contributed by atoms with Crippen LogP contribution in [-0.2, 0) is 36.8 Å². The topological polar surface area (TPSA) is 124 Å². The largest absolute Gasteiger partial charge is 0.493 e. The third-order valence-electron chi connectivity index (χ3n) is 8.96. The first-order chi connectivity index (χ1) is 23.4. The molecule has 1 N–H and O–H groups in total. The number of amides is 3. The van der Waals surface area contributed by atoms with Gasteiger partial charge in [0.2, 0.25) is 11.8 Å². The lowest BCUT2D eigenvalue weighted by Crippen LogP contribution is -2.54. The van der Waals surface area contributed by atoms with Crippen LogP contribution in [0.25, 0.3) is 10.8 Å². The van der Waals surface area contributed by atoms with Gasteiger partial charge in [0, 0.05) is 38.3 Å². The van der Waals surface area contributed by atoms with Crippen LogP contribution in [0.15, 0.2) is 72.4 Å². The molecule has 3 aromatic carbocycles. The lowest BCUT2D eigenvalue weighted by molar-refractivity contribution is -0.158. The summed E-state index contributed by atoms with van der Waals surface area (Å²) in [7, 11) is 3.11. The van der Waals surface area contributed by atoms with Crippen LogP contribution < -0.4 is 14.8 Å². The number of rotatable bonds is 11. The second kappa shape index (κ2) is 14.6. The number of likely N-dealkylation sites (tertiary alicyclic amines) is 1. The van der Waals surface area contributed by atoms with Crippen molar-refractivity contribution in [2.75, 3.05) is 40.5 Å². The van der Waals surface area contributed by atoms with E-state index >= 15 is 0 Å². The summed E-state index contributed by atoms with van der Waals surface area (Å²) in [6, 6.07) is 19.3. The Bertz CT molecular complexity index is 1760. The van der Waals surface area contributed by atoms with Crippen molar-refractivity contribution < 1.29 is 38.1 Å². The molecule has 2 atom stereocenters. The maximum atomic E-state index is 14.4. The van der Waals surface area contributed by atoms with Gasteiger partial charge in [0.25, 0.3) is 0 Å². The molecule has 0 radical (unpaired) electrons. The van der Waals surface area contributed by atoms with E-state index in [0.29, 0.717) is 23.6 Å². The van der Waals surface area contributed by atoms with Crippen LogP contribution in [0.5, 0.6) is 11.5 Å². The summed E-state index contributed by atoms with van der Waals surface area (Å²) in [5.74, 6) is -1.43. The summed E-state index contributed by atoms with van der Waals surface area (Å²) >= 11 is 0. The van der Waals surface area contributed by atoms with Crippen molar-refractivity contribution in [1.82, 2.24) is 15.1 Å². The minimum atomic E-state index is -1.61. The molecule has 260 valence electrons. The van der Waals surface area contributed by atoms with E-state index in [2.05, 4.69) is 5.32 Å². The normalized spacial score (nSPS) is 18.9. The highest BCUT2D eigenvalue weighted by Gasteiger charge is 2.64. The number of hydrogen-bond donors (Lipinski definition) is 1. The molecule has 1 saturated heterocycles. The number of benzene rings is 3. The highest BCUT2D eigenvalue weighted by molar-refractivity contribution is 5.99. The smallest absolute Gasteiger partial charge is 0.410 e. The Kier molecular flexibility index (Phi) is 10.5. The average molecular weight is 672 g/mol. The Labute approximate surface area is 287 Å². The fourth-order valence-electron chi connectivity index (χ4n) is 6.69. The predicted octanol–water partition coefficient (Wildman–Crippen LogP) is 5.25. The Morgan fingerprint density at radius 3 is 2.43 bits per heavy atom. The summed E-state index contributed by atoms with van der Waals surface area (Å²) in [5, 5.41) is 5.03. The summed E-state index contributed by atoms with van der Waals surface area (Å²) in [6.07, 6.45) is 1.24. The van der Waals surface area contributed by atoms with Crippen LogP contribution in [0.2, 0.25) is 0 Å². The first-order valence-corrected chi connectivity index (χ1v) is 16.5. The summed E-state index contributed by atoms with van der Waals surface area (Å²) in [5.41, 5.74) is -0.152. The molecule has 3 aromatic rings. The predicted molar refractivity (Wildman–Crippen MR) is 184 cm³/mol. The fraction of sp³-hybridized carbons (Fsp3) is 0.421. The number of hydrogen-bond acceptors (Lipinski definition) is 8. The van der Waals surface area contributed by atoms with Gasteiger partial charge in [0.05, 0.1) is 26.7 Å². The minimum absolute atomic E-state index is 0.0557. The van der Waals surface area contributed by atoms with Crippen LogP contribution in [0.4, 0.5) is 4.79 Å². The van der Waals surface area contributed by atoms with E-state index in [4.69, 9.17) is 18.9 Å². The summed E-state index contributed by atoms with van der Waals surface area (Å²) in [6.45, 7) is 7.42. The molecule has 5 rings (SSSR count). The van der Waals surface area contributed by atoms with Gasteiger partial charge in [0.15, 0.2) is 11.5 Å². The zero-order valence-electron chi connectivity index (χ0n) is 29.0. The zero-order chi connectivity index (χ0) is 35.3. The van der Waals surface area contributed by atoms with Crippen molar-refractivity contribution in [3.63, 3.8) is 0 Å². The standard InChI is InChI=1S/C38H45N3O8/c1-7-48-35(44)38-24-40(36(45)49-37(2,3)4)19-18-32(38)41(20-17-25-15-16-30(46-5)31(21-25)47-6)34(43)29(38)22-33(42)39-23-27-13-10-12-26-11-8-9-14-28(26)27/h8-16,18,21,29H,7,17,19-20,22-24H2,1-6H3,(H,39,42). The van der Waals surface area contributed by atoms with Gasteiger partial charge in [-0.15, -0.1) is 0 Å². The van der Waals surface area contributed by atoms with Gasteiger partial charge in [-0.25, -0.2) is 4.79 Å². The number of carbonyl (C=O) groups is 4. The van der Waals surface area contributed by atoms with Gasteiger partial charge in [-0.1, -0.05) is 48.5 Å². The van der Waals surface area contributed by atoms with Crippen molar-refractivity contribution in [1.29, 1.82) is 0 Å². The molecular formula is C38H45N3O8. The van der Waals surface area contributed by atoms with Crippen LogP contribution >= 0.6 is 0 Å². The Balaban J connectivity index is 1.47. The van der Waals surface area contributed by atoms with Crippen molar-refractivity contribution >= 4 is 34.6 Å². The van der Waals surface area contributed by atoms with E-state index < -0.39 is 34.9 Å². The molecule has 11 nitrogen and oxygen atoms in total. The maximum Gasteiger partial charge on any atom is 0.410 e. The molecule has 0 aliphatic carbocycles. The van der Waals surface area contributed by atoms with Crippen LogP contribution in [-0.4, -0.2) is 79.7 Å². The van der Waals surface area contributed by atoms with Gasteiger partial charge < -0.3 is 34.1 Å². The maximum absolute atomic E-state index is 14.4. The van der Waals surface area contributed by atoms with Gasteiger partial charge in [-0.3, -0.25) is 14.4 Å². The first-order valence-electron chi connectivity index (χ1n) is 16.5. The molecule has 0 spiro atoms. The molecule has 0 saturated carbocycles. The van der Waals surface area contributed by atoms with E-state index in [0.717, 1.165) is 21.9 Å². The third-order valence-corrected chi connectivity index (χ3v) is 8.96. The Morgan fingerprint density at radius 2 is 1.71 bits per heavy atom. The van der Waals surface area contributed by atoms with Crippen molar-refractivity contribution in [2.45, 2.75) is 52.7 Å². The number of methoxy groups -OCH3 is 2. The monoisotopic (exact) mass is 671 g/mol. The Hall–Kier alpha value is -5.06. The summed E-state index contributed by atoms with van der Waals surface area (Å²) in [4.78, 5) is 58.5. The van der Waals surface area contributed by atoms with Gasteiger partial charge in [-0.2, -0.15) is 0 Å². The van der Waals surface area contributed by atoms with E-state index in [1.165, 1.54) is 4.90 Å². The number of fused-ring (bicyclic) bond motifs is 2. The zero-order valence-corrected chi connectivity index (χ0v) is 29.0.